The maximum absolute atomic E-state index is 12.5. The van der Waals surface area contributed by atoms with Gasteiger partial charge in [-0.3, -0.25) is 9.59 Å². The third-order valence-electron chi connectivity index (χ3n) is 5.06. The molecule has 7 heteroatoms. The van der Waals surface area contributed by atoms with E-state index >= 15 is 0 Å². The monoisotopic (exact) mass is 379 g/mol. The Bertz CT molecular complexity index is 1010. The molecule has 1 aliphatic rings. The van der Waals surface area contributed by atoms with Gasteiger partial charge in [0.15, 0.2) is 5.76 Å². The second-order valence-corrected chi connectivity index (χ2v) is 7.05. The molecule has 0 radical (unpaired) electrons. The summed E-state index contributed by atoms with van der Waals surface area (Å²) in [5, 5.41) is 6.78. The van der Waals surface area contributed by atoms with Gasteiger partial charge in [0.2, 0.25) is 17.6 Å². The van der Waals surface area contributed by atoms with E-state index in [1.54, 1.807) is 29.4 Å². The Labute approximate surface area is 162 Å². The molecule has 1 aromatic carbocycles. The summed E-state index contributed by atoms with van der Waals surface area (Å²) in [6, 6.07) is 11.2. The fourth-order valence-corrected chi connectivity index (χ4v) is 3.28. The van der Waals surface area contributed by atoms with Crippen LogP contribution in [0.5, 0.6) is 0 Å². The van der Waals surface area contributed by atoms with E-state index in [1.165, 1.54) is 5.56 Å². The van der Waals surface area contributed by atoms with Gasteiger partial charge in [0, 0.05) is 24.7 Å². The lowest BCUT2D eigenvalue weighted by Gasteiger charge is -2.18. The van der Waals surface area contributed by atoms with Crippen molar-refractivity contribution in [2.75, 3.05) is 11.4 Å². The van der Waals surface area contributed by atoms with Gasteiger partial charge in [-0.25, -0.2) is 0 Å². The first-order valence-electron chi connectivity index (χ1n) is 9.16. The number of carbonyl (C=O) groups is 2. The average molecular weight is 379 g/mol. The molecule has 2 amide bonds. The van der Waals surface area contributed by atoms with E-state index in [2.05, 4.69) is 10.5 Å². The molecule has 144 valence electrons. The number of hydrogen-bond acceptors (Lipinski definition) is 5. The lowest BCUT2D eigenvalue weighted by atomic mass is 10.1. The molecule has 4 rings (SSSR count). The van der Waals surface area contributed by atoms with Crippen molar-refractivity contribution in [3.63, 3.8) is 0 Å². The Kier molecular flexibility index (Phi) is 4.73. The highest BCUT2D eigenvalue weighted by atomic mass is 16.5. The van der Waals surface area contributed by atoms with Crippen molar-refractivity contribution in [1.82, 2.24) is 10.5 Å². The maximum Gasteiger partial charge on any atom is 0.227 e. The number of anilines is 1. The minimum absolute atomic E-state index is 0.0371. The minimum Gasteiger partial charge on any atom is -0.461 e. The molecular formula is C21H21N3O4. The van der Waals surface area contributed by atoms with E-state index in [4.69, 9.17) is 8.94 Å². The Balaban J connectivity index is 1.36. The Morgan fingerprint density at radius 1 is 1.21 bits per heavy atom. The number of nitrogens with one attached hydrogen (secondary N) is 1. The van der Waals surface area contributed by atoms with E-state index in [1.807, 2.05) is 32.0 Å². The Hall–Kier alpha value is -3.35. The molecule has 2 aromatic heterocycles. The second kappa shape index (κ2) is 7.34. The SMILES string of the molecule is Cc1ccc(N2C[C@H](C(=O)NCc3cc(-c4ccco4)on3)CC2=O)cc1C. The molecule has 0 aliphatic carbocycles. The summed E-state index contributed by atoms with van der Waals surface area (Å²) < 4.78 is 10.5. The van der Waals surface area contributed by atoms with Crippen LogP contribution in [0.25, 0.3) is 11.5 Å². The van der Waals surface area contributed by atoms with E-state index in [9.17, 15) is 9.59 Å². The fraction of sp³-hybridized carbons (Fsp3) is 0.286. The van der Waals surface area contributed by atoms with E-state index in [-0.39, 0.29) is 30.7 Å². The first kappa shape index (κ1) is 18.0. The number of amides is 2. The first-order chi connectivity index (χ1) is 13.5. The second-order valence-electron chi connectivity index (χ2n) is 7.05. The van der Waals surface area contributed by atoms with Crippen molar-refractivity contribution < 1.29 is 18.5 Å². The zero-order valence-electron chi connectivity index (χ0n) is 15.8. The van der Waals surface area contributed by atoms with Gasteiger partial charge in [-0.05, 0) is 49.2 Å². The van der Waals surface area contributed by atoms with Gasteiger partial charge in [-0.15, -0.1) is 0 Å². The molecule has 7 nitrogen and oxygen atoms in total. The standard InChI is InChI=1S/C21H21N3O4/c1-13-5-6-17(8-14(13)2)24-12-15(9-20(24)25)21(26)22-11-16-10-19(28-23-16)18-4-3-7-27-18/h3-8,10,15H,9,11-12H2,1-2H3,(H,22,26)/t15-/m1/s1. The Morgan fingerprint density at radius 2 is 2.07 bits per heavy atom. The number of rotatable bonds is 5. The van der Waals surface area contributed by atoms with Gasteiger partial charge in [0.05, 0.1) is 18.7 Å². The highest BCUT2D eigenvalue weighted by Crippen LogP contribution is 2.27. The van der Waals surface area contributed by atoms with Crippen LogP contribution in [-0.4, -0.2) is 23.5 Å². The molecule has 1 aliphatic heterocycles. The van der Waals surface area contributed by atoms with Gasteiger partial charge in [0.1, 0.15) is 5.69 Å². The van der Waals surface area contributed by atoms with Crippen molar-refractivity contribution >= 4 is 17.5 Å². The van der Waals surface area contributed by atoms with E-state index < -0.39 is 0 Å². The van der Waals surface area contributed by atoms with Gasteiger partial charge in [-0.1, -0.05) is 11.2 Å². The van der Waals surface area contributed by atoms with Crippen LogP contribution in [-0.2, 0) is 16.1 Å². The first-order valence-corrected chi connectivity index (χ1v) is 9.16. The van der Waals surface area contributed by atoms with Crippen molar-refractivity contribution in [1.29, 1.82) is 0 Å². The van der Waals surface area contributed by atoms with E-state index in [0.29, 0.717) is 23.8 Å². The van der Waals surface area contributed by atoms with Crippen molar-refractivity contribution in [3.05, 3.63) is 59.5 Å². The number of aromatic nitrogens is 1. The quantitative estimate of drug-likeness (QED) is 0.735. The summed E-state index contributed by atoms with van der Waals surface area (Å²) in [7, 11) is 0. The number of benzene rings is 1. The summed E-state index contributed by atoms with van der Waals surface area (Å²) in [6.45, 7) is 4.65. The van der Waals surface area contributed by atoms with Crippen LogP contribution in [0, 0.1) is 19.8 Å². The van der Waals surface area contributed by atoms with Crippen LogP contribution in [0.15, 0.2) is 51.6 Å². The van der Waals surface area contributed by atoms with Crippen LogP contribution in [0.1, 0.15) is 23.2 Å². The molecular weight excluding hydrogens is 358 g/mol. The van der Waals surface area contributed by atoms with Crippen LogP contribution >= 0.6 is 0 Å². The van der Waals surface area contributed by atoms with Crippen LogP contribution in [0.2, 0.25) is 0 Å². The molecule has 1 fully saturated rings. The molecule has 0 bridgehead atoms. The molecule has 3 aromatic rings. The molecule has 0 saturated carbocycles. The van der Waals surface area contributed by atoms with E-state index in [0.717, 1.165) is 11.3 Å². The van der Waals surface area contributed by atoms with Gasteiger partial charge >= 0.3 is 0 Å². The highest BCUT2D eigenvalue weighted by molar-refractivity contribution is 6.00. The minimum atomic E-state index is -0.384. The summed E-state index contributed by atoms with van der Waals surface area (Å²) in [5.41, 5.74) is 3.72. The zero-order valence-corrected chi connectivity index (χ0v) is 15.8. The van der Waals surface area contributed by atoms with Crippen LogP contribution in [0.4, 0.5) is 5.69 Å². The molecule has 0 spiro atoms. The van der Waals surface area contributed by atoms with Crippen LogP contribution in [0.3, 0.4) is 0 Å². The molecule has 1 saturated heterocycles. The van der Waals surface area contributed by atoms with Gasteiger partial charge < -0.3 is 19.2 Å². The third kappa shape index (κ3) is 3.55. The van der Waals surface area contributed by atoms with Crippen molar-refractivity contribution in [3.8, 4) is 11.5 Å². The summed E-state index contributed by atoms with van der Waals surface area (Å²) in [5.74, 6) is 0.499. The normalized spacial score (nSPS) is 16.6. The Morgan fingerprint density at radius 3 is 2.82 bits per heavy atom. The van der Waals surface area contributed by atoms with Crippen molar-refractivity contribution in [2.24, 2.45) is 5.92 Å². The predicted octanol–water partition coefficient (Wildman–Crippen LogP) is 3.22. The third-order valence-corrected chi connectivity index (χ3v) is 5.06. The van der Waals surface area contributed by atoms with Crippen molar-refractivity contribution in [2.45, 2.75) is 26.8 Å². The molecule has 28 heavy (non-hydrogen) atoms. The van der Waals surface area contributed by atoms with Gasteiger partial charge in [0.25, 0.3) is 0 Å². The summed E-state index contributed by atoms with van der Waals surface area (Å²) in [4.78, 5) is 26.6. The summed E-state index contributed by atoms with van der Waals surface area (Å²) in [6.07, 6.45) is 1.76. The number of carbonyl (C=O) groups excluding carboxylic acids is 2. The number of nitrogens with zero attached hydrogens (tertiary/aromatic N) is 2. The fourth-order valence-electron chi connectivity index (χ4n) is 3.28. The predicted molar refractivity (Wildman–Crippen MR) is 102 cm³/mol. The smallest absolute Gasteiger partial charge is 0.227 e. The lowest BCUT2D eigenvalue weighted by Crippen LogP contribution is -2.32. The highest BCUT2D eigenvalue weighted by Gasteiger charge is 2.35. The lowest BCUT2D eigenvalue weighted by molar-refractivity contribution is -0.126. The number of hydrogen-bond donors (Lipinski definition) is 1. The average Bonchev–Trinajstić information content (AvgIpc) is 3.42. The number of aryl methyl sites for hydroxylation is 2. The molecule has 1 atom stereocenters. The zero-order chi connectivity index (χ0) is 19.7. The maximum atomic E-state index is 12.5. The topological polar surface area (TPSA) is 88.6 Å². The molecule has 3 heterocycles. The largest absolute Gasteiger partial charge is 0.461 e. The summed E-state index contributed by atoms with van der Waals surface area (Å²) >= 11 is 0. The molecule has 0 unspecified atom stereocenters. The molecule has 1 N–H and O–H groups in total. The van der Waals surface area contributed by atoms with Crippen LogP contribution < -0.4 is 10.2 Å². The number of furan rings is 1. The van der Waals surface area contributed by atoms with Gasteiger partial charge in [-0.2, -0.15) is 0 Å².